The summed E-state index contributed by atoms with van der Waals surface area (Å²) in [4.78, 5) is 34.1. The molecule has 0 saturated carbocycles. The number of ether oxygens (including phenoxy) is 1. The molecular formula is C16H22N2O6S. The number of anilines is 1. The minimum absolute atomic E-state index is 0.0693. The molecule has 1 rings (SSSR count). The van der Waals surface area contributed by atoms with Crippen LogP contribution in [0.3, 0.4) is 0 Å². The van der Waals surface area contributed by atoms with Crippen LogP contribution < -0.4 is 10.0 Å². The molecule has 1 aromatic carbocycles. The summed E-state index contributed by atoms with van der Waals surface area (Å²) < 4.78 is 31.0. The highest BCUT2D eigenvalue weighted by atomic mass is 32.2. The molecule has 8 nitrogen and oxygen atoms in total. The summed E-state index contributed by atoms with van der Waals surface area (Å²) in [5, 5.41) is 2.51. The van der Waals surface area contributed by atoms with Crippen molar-refractivity contribution in [2.75, 3.05) is 18.5 Å². The fraction of sp³-hybridized carbons (Fsp3) is 0.438. The Morgan fingerprint density at radius 3 is 2.12 bits per heavy atom. The summed E-state index contributed by atoms with van der Waals surface area (Å²) in [7, 11) is -3.92. The number of rotatable bonds is 7. The van der Waals surface area contributed by atoms with Crippen LogP contribution in [-0.4, -0.2) is 39.2 Å². The largest absolute Gasteiger partial charge is 0.457 e. The summed E-state index contributed by atoms with van der Waals surface area (Å²) in [5.41, 5.74) is -0.193. The highest BCUT2D eigenvalue weighted by Gasteiger charge is 2.23. The lowest BCUT2D eigenvalue weighted by Gasteiger charge is -2.16. The van der Waals surface area contributed by atoms with E-state index in [4.69, 9.17) is 4.74 Å². The van der Waals surface area contributed by atoms with Gasteiger partial charge in [-0.1, -0.05) is 20.8 Å². The van der Waals surface area contributed by atoms with E-state index < -0.39 is 34.6 Å². The number of carbonyl (C=O) groups is 3. The third kappa shape index (κ3) is 7.02. The van der Waals surface area contributed by atoms with Crippen LogP contribution in [0.15, 0.2) is 29.2 Å². The topological polar surface area (TPSA) is 119 Å². The molecule has 9 heteroatoms. The maximum atomic E-state index is 12.1. The van der Waals surface area contributed by atoms with Crippen molar-refractivity contribution in [3.05, 3.63) is 24.3 Å². The lowest BCUT2D eigenvalue weighted by Crippen LogP contribution is -2.33. The van der Waals surface area contributed by atoms with E-state index in [1.165, 1.54) is 31.2 Å². The molecule has 138 valence electrons. The van der Waals surface area contributed by atoms with Gasteiger partial charge in [-0.25, -0.2) is 8.42 Å². The van der Waals surface area contributed by atoms with Gasteiger partial charge in [-0.3, -0.25) is 14.4 Å². The summed E-state index contributed by atoms with van der Waals surface area (Å²) in [5.74, 6) is -1.39. The normalized spacial score (nSPS) is 11.7. The number of Topliss-reactive ketones (excluding diaryl/α,β-unsaturated/α-hetero) is 1. The van der Waals surface area contributed by atoms with Gasteiger partial charge in [0.05, 0.1) is 4.90 Å². The van der Waals surface area contributed by atoms with E-state index in [0.717, 1.165) is 0 Å². The molecule has 0 saturated heterocycles. The lowest BCUT2D eigenvalue weighted by atomic mass is 9.91. The standard InChI is InChI=1S/C16H22N2O6S/c1-11(19)18-12-5-7-13(8-6-12)25(22,23)17-9-15(21)24-10-14(20)16(2,3)4/h5-8,17H,9-10H2,1-4H3,(H,18,19). The molecule has 1 amide bonds. The van der Waals surface area contributed by atoms with Crippen molar-refractivity contribution in [2.45, 2.75) is 32.6 Å². The molecule has 1 aromatic rings. The van der Waals surface area contributed by atoms with Gasteiger partial charge in [0.2, 0.25) is 15.9 Å². The second kappa shape index (κ2) is 8.21. The van der Waals surface area contributed by atoms with Gasteiger partial charge in [-0.2, -0.15) is 4.72 Å². The van der Waals surface area contributed by atoms with Crippen molar-refractivity contribution in [1.82, 2.24) is 4.72 Å². The Morgan fingerprint density at radius 1 is 1.08 bits per heavy atom. The average molecular weight is 370 g/mol. The van der Waals surface area contributed by atoms with Crippen LogP contribution >= 0.6 is 0 Å². The van der Waals surface area contributed by atoms with Crippen LogP contribution in [0.25, 0.3) is 0 Å². The third-order valence-corrected chi connectivity index (χ3v) is 4.51. The third-order valence-electron chi connectivity index (χ3n) is 3.09. The summed E-state index contributed by atoms with van der Waals surface area (Å²) in [6.45, 7) is 5.41. The number of esters is 1. The molecule has 0 aliphatic heterocycles. The number of ketones is 1. The molecule has 2 N–H and O–H groups in total. The van der Waals surface area contributed by atoms with E-state index in [1.807, 2.05) is 0 Å². The summed E-state index contributed by atoms with van der Waals surface area (Å²) in [6, 6.07) is 5.44. The molecule has 0 heterocycles. The molecule has 0 fully saturated rings. The van der Waals surface area contributed by atoms with Crippen LogP contribution in [0, 0.1) is 5.41 Å². The van der Waals surface area contributed by atoms with Crippen molar-refractivity contribution in [3.8, 4) is 0 Å². The van der Waals surface area contributed by atoms with Gasteiger partial charge in [0.1, 0.15) is 6.54 Å². The average Bonchev–Trinajstić information content (AvgIpc) is 2.49. The summed E-state index contributed by atoms with van der Waals surface area (Å²) >= 11 is 0. The van der Waals surface area contributed by atoms with Crippen LogP contribution in [0.5, 0.6) is 0 Å². The van der Waals surface area contributed by atoms with E-state index in [9.17, 15) is 22.8 Å². The first kappa shape index (κ1) is 20.8. The number of hydrogen-bond acceptors (Lipinski definition) is 6. The van der Waals surface area contributed by atoms with Crippen molar-refractivity contribution >= 4 is 33.4 Å². The number of nitrogens with one attached hydrogen (secondary N) is 2. The van der Waals surface area contributed by atoms with E-state index in [2.05, 4.69) is 10.0 Å². The van der Waals surface area contributed by atoms with E-state index in [1.54, 1.807) is 20.8 Å². The Labute approximate surface area is 147 Å². The zero-order chi connectivity index (χ0) is 19.3. The zero-order valence-corrected chi connectivity index (χ0v) is 15.4. The molecule has 0 spiro atoms. The molecule has 0 bridgehead atoms. The Bertz CT molecular complexity index is 748. The smallest absolute Gasteiger partial charge is 0.321 e. The van der Waals surface area contributed by atoms with E-state index >= 15 is 0 Å². The van der Waals surface area contributed by atoms with Crippen LogP contribution in [0.2, 0.25) is 0 Å². The molecule has 0 radical (unpaired) electrons. The highest BCUT2D eigenvalue weighted by Crippen LogP contribution is 2.15. The predicted molar refractivity (Wildman–Crippen MR) is 91.4 cm³/mol. The molecule has 0 atom stereocenters. The van der Waals surface area contributed by atoms with Crippen molar-refractivity contribution in [2.24, 2.45) is 5.41 Å². The monoisotopic (exact) mass is 370 g/mol. The molecule has 0 aliphatic rings. The van der Waals surface area contributed by atoms with Gasteiger partial charge in [0.15, 0.2) is 12.4 Å². The Morgan fingerprint density at radius 2 is 1.64 bits per heavy atom. The first-order valence-corrected chi connectivity index (χ1v) is 8.96. The minimum atomic E-state index is -3.92. The van der Waals surface area contributed by atoms with Crippen molar-refractivity contribution in [3.63, 3.8) is 0 Å². The first-order chi connectivity index (χ1) is 11.4. The van der Waals surface area contributed by atoms with Crippen molar-refractivity contribution < 1.29 is 27.5 Å². The predicted octanol–water partition coefficient (Wildman–Crippen LogP) is 1.08. The zero-order valence-electron chi connectivity index (χ0n) is 14.6. The molecule has 0 aromatic heterocycles. The maximum Gasteiger partial charge on any atom is 0.321 e. The van der Waals surface area contributed by atoms with Gasteiger partial charge >= 0.3 is 5.97 Å². The van der Waals surface area contributed by atoms with E-state index in [-0.39, 0.29) is 16.6 Å². The van der Waals surface area contributed by atoms with Crippen LogP contribution in [0.1, 0.15) is 27.7 Å². The fourth-order valence-electron chi connectivity index (χ4n) is 1.57. The molecule has 0 aliphatic carbocycles. The molecule has 0 unspecified atom stereocenters. The SMILES string of the molecule is CC(=O)Nc1ccc(S(=O)(=O)NCC(=O)OCC(=O)C(C)(C)C)cc1. The quantitative estimate of drug-likeness (QED) is 0.693. The number of hydrogen-bond donors (Lipinski definition) is 2. The molecule has 25 heavy (non-hydrogen) atoms. The number of carbonyl (C=O) groups excluding carboxylic acids is 3. The Kier molecular flexibility index (Phi) is 6.83. The second-order valence-electron chi connectivity index (χ2n) is 6.36. The lowest BCUT2D eigenvalue weighted by molar-refractivity contribution is -0.148. The number of sulfonamides is 1. The number of benzene rings is 1. The van der Waals surface area contributed by atoms with Gasteiger partial charge in [-0.05, 0) is 24.3 Å². The van der Waals surface area contributed by atoms with Gasteiger partial charge in [0.25, 0.3) is 0 Å². The van der Waals surface area contributed by atoms with Crippen LogP contribution in [0.4, 0.5) is 5.69 Å². The van der Waals surface area contributed by atoms with E-state index in [0.29, 0.717) is 5.69 Å². The van der Waals surface area contributed by atoms with Gasteiger partial charge < -0.3 is 10.1 Å². The maximum absolute atomic E-state index is 12.1. The molecular weight excluding hydrogens is 348 g/mol. The van der Waals surface area contributed by atoms with Gasteiger partial charge in [-0.15, -0.1) is 0 Å². The fourth-order valence-corrected chi connectivity index (χ4v) is 2.54. The minimum Gasteiger partial charge on any atom is -0.457 e. The first-order valence-electron chi connectivity index (χ1n) is 7.48. The highest BCUT2D eigenvalue weighted by molar-refractivity contribution is 7.89. The Hall–Kier alpha value is -2.26. The van der Waals surface area contributed by atoms with Crippen LogP contribution in [-0.2, 0) is 29.1 Å². The van der Waals surface area contributed by atoms with Gasteiger partial charge in [0, 0.05) is 18.0 Å². The van der Waals surface area contributed by atoms with Crippen molar-refractivity contribution in [1.29, 1.82) is 0 Å². The Balaban J connectivity index is 2.59. The number of amides is 1. The second-order valence-corrected chi connectivity index (χ2v) is 8.13. The summed E-state index contributed by atoms with van der Waals surface area (Å²) in [6.07, 6.45) is 0.